The van der Waals surface area contributed by atoms with Crippen molar-refractivity contribution in [1.82, 2.24) is 9.55 Å². The molecule has 1 aromatic heterocycles. The van der Waals surface area contributed by atoms with Crippen molar-refractivity contribution in [3.05, 3.63) is 46.1 Å². The molecule has 3 rings (SSSR count). The molecule has 2 heterocycles. The fourth-order valence-electron chi connectivity index (χ4n) is 2.41. The van der Waals surface area contributed by atoms with Gasteiger partial charge in [0.2, 0.25) is 0 Å². The summed E-state index contributed by atoms with van der Waals surface area (Å²) in [7, 11) is 0. The highest BCUT2D eigenvalue weighted by Gasteiger charge is 2.26. The molecule has 0 unspecified atom stereocenters. The number of hydrogen-bond donors (Lipinski definition) is 0. The van der Waals surface area contributed by atoms with E-state index in [1.54, 1.807) is 40.2 Å². The maximum atomic E-state index is 13.2. The highest BCUT2D eigenvalue weighted by atomic mass is 32.2. The van der Waals surface area contributed by atoms with Gasteiger partial charge in [-0.3, -0.25) is 9.36 Å². The van der Waals surface area contributed by atoms with Crippen LogP contribution >= 0.6 is 23.5 Å². The molecule has 3 nitrogen and oxygen atoms in total. The summed E-state index contributed by atoms with van der Waals surface area (Å²) in [5.74, 6) is 0.589. The summed E-state index contributed by atoms with van der Waals surface area (Å²) >= 11 is 3.16. The van der Waals surface area contributed by atoms with Crippen molar-refractivity contribution in [3.8, 4) is 5.69 Å². The van der Waals surface area contributed by atoms with Gasteiger partial charge >= 0.3 is 0 Å². The topological polar surface area (TPSA) is 34.9 Å². The summed E-state index contributed by atoms with van der Waals surface area (Å²) < 4.78 is 14.8. The van der Waals surface area contributed by atoms with Crippen molar-refractivity contribution in [3.63, 3.8) is 0 Å². The summed E-state index contributed by atoms with van der Waals surface area (Å²) in [5, 5.41) is 1.08. The lowest BCUT2D eigenvalue weighted by Gasteiger charge is -2.13. The number of nitrogens with zero attached hydrogens (tertiary/aromatic N) is 2. The number of rotatable bonds is 4. The Hall–Kier alpha value is -1.27. The minimum atomic E-state index is -0.309. The van der Waals surface area contributed by atoms with Gasteiger partial charge in [-0.15, -0.1) is 11.8 Å². The van der Waals surface area contributed by atoms with Gasteiger partial charge in [0.15, 0.2) is 5.16 Å². The molecule has 22 heavy (non-hydrogen) atoms. The quantitative estimate of drug-likeness (QED) is 0.626. The summed E-state index contributed by atoms with van der Waals surface area (Å²) in [5.41, 5.74) is 1.53. The Morgan fingerprint density at radius 3 is 2.82 bits per heavy atom. The van der Waals surface area contributed by atoms with Crippen LogP contribution in [0.4, 0.5) is 4.39 Å². The molecule has 0 saturated heterocycles. The van der Waals surface area contributed by atoms with Gasteiger partial charge < -0.3 is 0 Å². The van der Waals surface area contributed by atoms with Crippen molar-refractivity contribution in [2.75, 3.05) is 5.75 Å². The first kappa shape index (κ1) is 15.6. The Morgan fingerprint density at radius 1 is 1.41 bits per heavy atom. The molecule has 0 N–H and O–H groups in total. The molecule has 0 spiro atoms. The Morgan fingerprint density at radius 2 is 2.14 bits per heavy atom. The molecule has 1 atom stereocenters. The Kier molecular flexibility index (Phi) is 4.59. The zero-order valence-corrected chi connectivity index (χ0v) is 14.1. The zero-order valence-electron chi connectivity index (χ0n) is 12.5. The van der Waals surface area contributed by atoms with Crippen molar-refractivity contribution >= 4 is 23.5 Å². The monoisotopic (exact) mass is 336 g/mol. The molecule has 2 aromatic rings. The molecular formula is C16H17FN2OS2. The van der Waals surface area contributed by atoms with Crippen LogP contribution in [0.15, 0.2) is 39.1 Å². The van der Waals surface area contributed by atoms with Gasteiger partial charge in [-0.05, 0) is 30.7 Å². The van der Waals surface area contributed by atoms with Crippen LogP contribution < -0.4 is 5.56 Å². The molecule has 116 valence electrons. The average molecular weight is 336 g/mol. The van der Waals surface area contributed by atoms with Gasteiger partial charge in [0.25, 0.3) is 5.56 Å². The van der Waals surface area contributed by atoms with Crippen LogP contribution in [0.3, 0.4) is 0 Å². The molecule has 0 fully saturated rings. The molecule has 6 heteroatoms. The summed E-state index contributed by atoms with van der Waals surface area (Å²) in [6, 6.07) is 6.01. The SMILES string of the molecule is CCCSc1nc2c(c(=O)n1-c1ccc(F)cc1)S[C@H](C)C2. The number of fused-ring (bicyclic) bond motifs is 1. The van der Waals surface area contributed by atoms with Crippen LogP contribution in [0.25, 0.3) is 5.69 Å². The van der Waals surface area contributed by atoms with Crippen LogP contribution in [0.1, 0.15) is 26.0 Å². The van der Waals surface area contributed by atoms with Gasteiger partial charge in [-0.2, -0.15) is 0 Å². The Labute approximate surface area is 137 Å². The molecule has 1 aliphatic rings. The van der Waals surface area contributed by atoms with Crippen LogP contribution in [0.5, 0.6) is 0 Å². The molecule has 0 saturated carbocycles. The molecule has 0 aliphatic carbocycles. The van der Waals surface area contributed by atoms with E-state index in [0.29, 0.717) is 16.1 Å². The lowest BCUT2D eigenvalue weighted by molar-refractivity contribution is 0.626. The number of halogens is 1. The third-order valence-corrected chi connectivity index (χ3v) is 5.76. The minimum absolute atomic E-state index is 0.0374. The van der Waals surface area contributed by atoms with Gasteiger partial charge in [0, 0.05) is 17.4 Å². The maximum Gasteiger partial charge on any atom is 0.272 e. The molecular weight excluding hydrogens is 319 g/mol. The second kappa shape index (κ2) is 6.46. The van der Waals surface area contributed by atoms with Gasteiger partial charge in [0.1, 0.15) is 5.82 Å². The molecule has 0 bridgehead atoms. The van der Waals surface area contributed by atoms with Crippen LogP contribution in [-0.2, 0) is 6.42 Å². The van der Waals surface area contributed by atoms with Gasteiger partial charge in [0.05, 0.1) is 16.3 Å². The predicted octanol–water partition coefficient (Wildman–Crippen LogP) is 3.91. The van der Waals surface area contributed by atoms with E-state index in [1.165, 1.54) is 12.1 Å². The van der Waals surface area contributed by atoms with E-state index in [4.69, 9.17) is 4.98 Å². The third kappa shape index (κ3) is 2.94. The van der Waals surface area contributed by atoms with E-state index >= 15 is 0 Å². The van der Waals surface area contributed by atoms with Crippen LogP contribution in [0, 0.1) is 5.82 Å². The van der Waals surface area contributed by atoms with Crippen LogP contribution in [-0.4, -0.2) is 20.6 Å². The van der Waals surface area contributed by atoms with E-state index < -0.39 is 0 Å². The summed E-state index contributed by atoms with van der Waals surface area (Å²) in [6.45, 7) is 4.20. The number of thioether (sulfide) groups is 2. The van der Waals surface area contributed by atoms with E-state index in [9.17, 15) is 9.18 Å². The lowest BCUT2D eigenvalue weighted by Crippen LogP contribution is -2.23. The fraction of sp³-hybridized carbons (Fsp3) is 0.375. The average Bonchev–Trinajstić information content (AvgIpc) is 2.87. The van der Waals surface area contributed by atoms with E-state index in [2.05, 4.69) is 13.8 Å². The number of benzene rings is 1. The van der Waals surface area contributed by atoms with Crippen LogP contribution in [0.2, 0.25) is 0 Å². The third-order valence-electron chi connectivity index (χ3n) is 3.40. The fourth-order valence-corrected chi connectivity index (χ4v) is 4.39. The largest absolute Gasteiger partial charge is 0.272 e. The standard InChI is InChI=1S/C16H17FN2OS2/c1-3-8-21-16-18-13-9-10(2)22-14(13)15(20)19(16)12-6-4-11(17)5-7-12/h4-7,10H,3,8-9H2,1-2H3/t10-/m1/s1. The smallest absolute Gasteiger partial charge is 0.268 e. The van der Waals surface area contributed by atoms with Crippen molar-refractivity contribution in [2.45, 2.75) is 42.0 Å². The highest BCUT2D eigenvalue weighted by molar-refractivity contribution is 8.00. The second-order valence-electron chi connectivity index (χ2n) is 5.27. The van der Waals surface area contributed by atoms with Crippen molar-refractivity contribution in [2.24, 2.45) is 0 Å². The Balaban J connectivity index is 2.16. The van der Waals surface area contributed by atoms with Crippen molar-refractivity contribution < 1.29 is 4.39 Å². The van der Waals surface area contributed by atoms with Gasteiger partial charge in [-0.25, -0.2) is 9.37 Å². The number of hydrogen-bond acceptors (Lipinski definition) is 4. The second-order valence-corrected chi connectivity index (χ2v) is 7.78. The first-order valence-electron chi connectivity index (χ1n) is 7.31. The first-order chi connectivity index (χ1) is 10.6. The normalized spacial score (nSPS) is 16.8. The zero-order chi connectivity index (χ0) is 15.7. The van der Waals surface area contributed by atoms with E-state index in [-0.39, 0.29) is 11.4 Å². The molecule has 1 aromatic carbocycles. The first-order valence-corrected chi connectivity index (χ1v) is 9.18. The molecule has 0 amide bonds. The highest BCUT2D eigenvalue weighted by Crippen LogP contribution is 2.34. The van der Waals surface area contributed by atoms with Crippen molar-refractivity contribution in [1.29, 1.82) is 0 Å². The van der Waals surface area contributed by atoms with Gasteiger partial charge in [-0.1, -0.05) is 25.6 Å². The minimum Gasteiger partial charge on any atom is -0.268 e. The lowest BCUT2D eigenvalue weighted by atomic mass is 10.2. The van der Waals surface area contributed by atoms with E-state index in [0.717, 1.165) is 29.2 Å². The molecule has 1 aliphatic heterocycles. The predicted molar refractivity (Wildman–Crippen MR) is 89.8 cm³/mol. The van der Waals surface area contributed by atoms with E-state index in [1.807, 2.05) is 0 Å². The maximum absolute atomic E-state index is 13.2. The Bertz CT molecular complexity index is 743. The number of aromatic nitrogens is 2. The summed E-state index contributed by atoms with van der Waals surface area (Å²) in [4.78, 5) is 18.3. The molecule has 0 radical (unpaired) electrons. The summed E-state index contributed by atoms with van der Waals surface area (Å²) in [6.07, 6.45) is 1.84.